The van der Waals surface area contributed by atoms with Crippen molar-refractivity contribution in [1.29, 1.82) is 0 Å². The van der Waals surface area contributed by atoms with E-state index in [9.17, 15) is 14.4 Å². The number of imide groups is 2. The van der Waals surface area contributed by atoms with Gasteiger partial charge in [-0.2, -0.15) is 0 Å². The van der Waals surface area contributed by atoms with Crippen LogP contribution in [0.4, 0.5) is 4.79 Å². The summed E-state index contributed by atoms with van der Waals surface area (Å²) in [7, 11) is 2.94. The van der Waals surface area contributed by atoms with E-state index in [2.05, 4.69) is 36.4 Å². The summed E-state index contributed by atoms with van der Waals surface area (Å²) in [4.78, 5) is 38.5. The number of hydrogen-bond donors (Lipinski definition) is 0. The number of urea groups is 1. The predicted octanol–water partition coefficient (Wildman–Crippen LogP) is 1.76. The average molecular weight is 475 g/mol. The fourth-order valence-corrected chi connectivity index (χ4v) is 12.9. The van der Waals surface area contributed by atoms with Crippen molar-refractivity contribution in [2.75, 3.05) is 14.1 Å². The van der Waals surface area contributed by atoms with Crippen molar-refractivity contribution >= 4 is 44.5 Å². The Morgan fingerprint density at radius 3 is 1.48 bits per heavy atom. The Labute approximate surface area is 184 Å². The molecule has 1 aliphatic heterocycles. The zero-order valence-electron chi connectivity index (χ0n) is 17.5. The minimum atomic E-state index is -3.26. The normalized spacial score (nSPS) is 15.4. The average Bonchev–Trinajstić information content (AvgIpc) is 2.83. The molecule has 1 heterocycles. The fourth-order valence-electron chi connectivity index (χ4n) is 4.05. The van der Waals surface area contributed by atoms with Gasteiger partial charge < -0.3 is 0 Å². The molecule has 31 heavy (non-hydrogen) atoms. The van der Waals surface area contributed by atoms with Gasteiger partial charge in [0.25, 0.3) is 0 Å². The van der Waals surface area contributed by atoms with E-state index < -0.39 is 25.5 Å². The van der Waals surface area contributed by atoms with Crippen LogP contribution < -0.4 is 13.1 Å². The van der Waals surface area contributed by atoms with Gasteiger partial charge in [-0.05, 0) is 0 Å². The van der Waals surface area contributed by atoms with Crippen molar-refractivity contribution in [2.45, 2.75) is 5.21 Å². The summed E-state index contributed by atoms with van der Waals surface area (Å²) in [6.45, 7) is 0. The minimum absolute atomic E-state index is 0.262. The Bertz CT molecular complexity index is 983. The number of carbonyl (C=O) groups is 2. The predicted molar refractivity (Wildman–Crippen MR) is 125 cm³/mol. The molecule has 1 N–H and O–H groups in total. The summed E-state index contributed by atoms with van der Waals surface area (Å²) < 4.78 is 3.48. The van der Waals surface area contributed by atoms with Crippen LogP contribution in [-0.2, 0) is 4.79 Å². The van der Waals surface area contributed by atoms with E-state index in [1.54, 1.807) is 0 Å². The molecular weight excluding hydrogens is 451 g/mol. The first kappa shape index (κ1) is 21.0. The van der Waals surface area contributed by atoms with Crippen LogP contribution in [0.1, 0.15) is 0 Å². The molecule has 1 aliphatic rings. The molecule has 1 saturated heterocycles. The number of nitrogens with zero attached hydrogens (tertiary/aromatic N) is 2. The molecule has 4 rings (SSSR count). The van der Waals surface area contributed by atoms with Crippen LogP contribution in [0.25, 0.3) is 0 Å². The zero-order valence-corrected chi connectivity index (χ0v) is 19.3. The second-order valence-electron chi connectivity index (χ2n) is 7.48. The van der Waals surface area contributed by atoms with E-state index in [0.29, 0.717) is 5.21 Å². The molecule has 0 atom stereocenters. The van der Waals surface area contributed by atoms with Crippen molar-refractivity contribution in [3.63, 3.8) is 0 Å². The molecule has 3 aromatic rings. The van der Waals surface area contributed by atoms with Crippen molar-refractivity contribution in [3.8, 4) is 0 Å². The topological polar surface area (TPSA) is 62.0 Å². The van der Waals surface area contributed by atoms with Gasteiger partial charge >= 0.3 is 185 Å². The summed E-state index contributed by atoms with van der Waals surface area (Å²) in [6.07, 6.45) is 0. The van der Waals surface area contributed by atoms with E-state index >= 15 is 0 Å². The Balaban J connectivity index is 1.96. The first-order valence-corrected chi connectivity index (χ1v) is 14.1. The van der Waals surface area contributed by atoms with Gasteiger partial charge in [-0.3, -0.25) is 0 Å². The zero-order chi connectivity index (χ0) is 22.0. The standard InChI is InChI=1S/C25H23AsN2O3/c1-27-23(29)22(24(30)28(2)25(27)31)18-26(19-12-6-3-7-13-19,20-14-8-4-9-15-20)21-16-10-5-11-17-21/h3-17H,18H2,1-2H3/p+1. The van der Waals surface area contributed by atoms with E-state index in [1.807, 2.05) is 54.6 Å². The molecule has 6 heteroatoms. The van der Waals surface area contributed by atoms with Crippen LogP contribution in [0.2, 0.25) is 5.21 Å². The van der Waals surface area contributed by atoms with Crippen LogP contribution in [0, 0.1) is 5.92 Å². The molecule has 5 nitrogen and oxygen atoms in total. The summed E-state index contributed by atoms with van der Waals surface area (Å²) in [5.41, 5.74) is 0. The van der Waals surface area contributed by atoms with Crippen LogP contribution in [0.15, 0.2) is 91.0 Å². The summed E-state index contributed by atoms with van der Waals surface area (Å²) in [5.74, 6) is -0.440. The fraction of sp³-hybridized carbons (Fsp3) is 0.120. The Hall–Kier alpha value is -3.30. The number of amides is 4. The molecule has 0 aromatic heterocycles. The first-order chi connectivity index (χ1) is 15.0. The van der Waals surface area contributed by atoms with Gasteiger partial charge in [0.1, 0.15) is 0 Å². The van der Waals surface area contributed by atoms with E-state index in [4.69, 9.17) is 0 Å². The SMILES string of the molecule is CN1C(=O)[C+](C[As-](c2ccccc2)(c2ccccc2)c2ccccc2)C(=[OH+])N(C)C1=O. The van der Waals surface area contributed by atoms with Gasteiger partial charge in [-0.25, -0.2) is 0 Å². The summed E-state index contributed by atoms with van der Waals surface area (Å²) >= 11 is -3.26. The number of barbiturate groups is 1. The second kappa shape index (κ2) is 8.44. The molecule has 0 aliphatic carbocycles. The molecule has 0 bridgehead atoms. The van der Waals surface area contributed by atoms with Crippen LogP contribution in [0.5, 0.6) is 0 Å². The molecule has 1 fully saturated rings. The van der Waals surface area contributed by atoms with Gasteiger partial charge in [0.15, 0.2) is 0 Å². The van der Waals surface area contributed by atoms with Crippen molar-refractivity contribution in [3.05, 3.63) is 96.9 Å². The van der Waals surface area contributed by atoms with Gasteiger partial charge in [0.2, 0.25) is 0 Å². The molecule has 0 radical (unpaired) electrons. The molecule has 3 aromatic carbocycles. The Morgan fingerprint density at radius 1 is 0.710 bits per heavy atom. The first-order valence-electron chi connectivity index (χ1n) is 9.99. The van der Waals surface area contributed by atoms with Crippen LogP contribution >= 0.6 is 0 Å². The van der Waals surface area contributed by atoms with Crippen LogP contribution in [-0.4, -0.2) is 60.1 Å². The van der Waals surface area contributed by atoms with Gasteiger partial charge in [0.05, 0.1) is 0 Å². The van der Waals surface area contributed by atoms with E-state index in [0.717, 1.165) is 22.9 Å². The third-order valence-corrected chi connectivity index (χ3v) is 14.8. The molecule has 156 valence electrons. The number of rotatable bonds is 5. The van der Waals surface area contributed by atoms with Crippen molar-refractivity contribution in [2.24, 2.45) is 0 Å². The van der Waals surface area contributed by atoms with E-state index in [1.165, 1.54) is 14.1 Å². The van der Waals surface area contributed by atoms with Gasteiger partial charge in [-0.15, -0.1) is 0 Å². The molecule has 0 unspecified atom stereocenters. The third kappa shape index (κ3) is 3.55. The monoisotopic (exact) mass is 475 g/mol. The maximum absolute atomic E-state index is 13.2. The quantitative estimate of drug-likeness (QED) is 0.321. The molecular formula is C25H24AsN2O3+. The van der Waals surface area contributed by atoms with Crippen LogP contribution in [0.3, 0.4) is 0 Å². The van der Waals surface area contributed by atoms with Crippen molar-refractivity contribution < 1.29 is 14.4 Å². The number of benzene rings is 3. The Kier molecular flexibility index (Phi) is 5.71. The third-order valence-electron chi connectivity index (χ3n) is 5.71. The number of hydrogen-bond acceptors (Lipinski definition) is 2. The summed E-state index contributed by atoms with van der Waals surface area (Å²) in [5, 5.41) is 0.364. The van der Waals surface area contributed by atoms with Gasteiger partial charge in [-0.1, -0.05) is 0 Å². The molecule has 0 spiro atoms. The van der Waals surface area contributed by atoms with E-state index in [-0.39, 0.29) is 11.8 Å². The second-order valence-corrected chi connectivity index (χ2v) is 14.8. The number of carbonyl (C=O) groups excluding carboxylic acids is 3. The molecule has 4 amide bonds. The maximum atomic E-state index is 13.2. The summed E-state index contributed by atoms with van der Waals surface area (Å²) in [6, 6.07) is 30.1. The van der Waals surface area contributed by atoms with Gasteiger partial charge in [0, 0.05) is 0 Å². The Morgan fingerprint density at radius 2 is 1.10 bits per heavy atom. The van der Waals surface area contributed by atoms with Crippen molar-refractivity contribution in [1.82, 2.24) is 9.80 Å². The molecule has 0 saturated carbocycles.